The molecule has 0 amide bonds. The summed E-state index contributed by atoms with van der Waals surface area (Å²) in [6, 6.07) is 9.06. The van der Waals surface area contributed by atoms with Crippen molar-refractivity contribution in [1.29, 1.82) is 0 Å². The highest BCUT2D eigenvalue weighted by Gasteiger charge is 2.33. The molecule has 0 saturated carbocycles. The molecular weight excluding hydrogens is 264 g/mol. The highest BCUT2D eigenvalue weighted by Crippen LogP contribution is 2.27. The summed E-state index contributed by atoms with van der Waals surface area (Å²) < 4.78 is 5.87. The van der Waals surface area contributed by atoms with Crippen LogP contribution in [0.2, 0.25) is 0 Å². The maximum atomic E-state index is 9.40. The molecule has 0 bridgehead atoms. The van der Waals surface area contributed by atoms with E-state index in [0.29, 0.717) is 6.04 Å². The van der Waals surface area contributed by atoms with Crippen LogP contribution in [-0.4, -0.2) is 43.1 Å². The lowest BCUT2D eigenvalue weighted by molar-refractivity contribution is -0.101. The first-order chi connectivity index (χ1) is 9.95. The number of hydrogen-bond donors (Lipinski definition) is 2. The Balaban J connectivity index is 2.10. The molecule has 4 nitrogen and oxygen atoms in total. The Kier molecular flexibility index (Phi) is 5.25. The summed E-state index contributed by atoms with van der Waals surface area (Å²) in [7, 11) is 0. The quantitative estimate of drug-likeness (QED) is 0.874. The fourth-order valence-electron chi connectivity index (χ4n) is 2.99. The summed E-state index contributed by atoms with van der Waals surface area (Å²) in [6.45, 7) is 11.1. The lowest BCUT2D eigenvalue weighted by Gasteiger charge is -2.43. The van der Waals surface area contributed by atoms with E-state index in [0.717, 1.165) is 19.6 Å². The molecule has 1 aliphatic heterocycles. The van der Waals surface area contributed by atoms with E-state index in [2.05, 4.69) is 62.2 Å². The van der Waals surface area contributed by atoms with Crippen LogP contribution in [0.4, 0.5) is 5.69 Å². The predicted molar refractivity (Wildman–Crippen MR) is 86.8 cm³/mol. The summed E-state index contributed by atoms with van der Waals surface area (Å²) in [5.74, 6) is 0. The highest BCUT2D eigenvalue weighted by atomic mass is 16.5. The molecule has 1 saturated heterocycles. The summed E-state index contributed by atoms with van der Waals surface area (Å²) in [6.07, 6.45) is -0.117. The monoisotopic (exact) mass is 292 g/mol. The molecule has 4 heteroatoms. The molecule has 1 aromatic carbocycles. The van der Waals surface area contributed by atoms with Crippen LogP contribution in [0.1, 0.15) is 39.3 Å². The first-order valence-electron chi connectivity index (χ1n) is 7.82. The van der Waals surface area contributed by atoms with Crippen LogP contribution in [0, 0.1) is 0 Å². The second-order valence-electron chi connectivity index (χ2n) is 6.43. The minimum absolute atomic E-state index is 0.0649. The fourth-order valence-corrected chi connectivity index (χ4v) is 2.99. The second kappa shape index (κ2) is 6.77. The molecule has 1 fully saturated rings. The van der Waals surface area contributed by atoms with Crippen molar-refractivity contribution in [3.63, 3.8) is 0 Å². The van der Waals surface area contributed by atoms with Crippen LogP contribution in [0.3, 0.4) is 0 Å². The lowest BCUT2D eigenvalue weighted by Crippen LogP contribution is -2.54. The Hall–Kier alpha value is -1.10. The number of aliphatic hydroxyl groups excluding tert-OH is 1. The molecule has 1 aliphatic rings. The molecule has 0 aliphatic carbocycles. The van der Waals surface area contributed by atoms with Gasteiger partial charge in [0.05, 0.1) is 18.3 Å². The van der Waals surface area contributed by atoms with Crippen molar-refractivity contribution in [3.05, 3.63) is 29.8 Å². The zero-order chi connectivity index (χ0) is 15.5. The smallest absolute Gasteiger partial charge is 0.0988 e. The zero-order valence-corrected chi connectivity index (χ0v) is 13.6. The number of anilines is 1. The Morgan fingerprint density at radius 1 is 1.38 bits per heavy atom. The van der Waals surface area contributed by atoms with Gasteiger partial charge in [-0.1, -0.05) is 19.1 Å². The van der Waals surface area contributed by atoms with Crippen molar-refractivity contribution in [2.45, 2.75) is 45.4 Å². The van der Waals surface area contributed by atoms with Crippen molar-refractivity contribution in [3.8, 4) is 0 Å². The Morgan fingerprint density at radius 2 is 2.05 bits per heavy atom. The maximum Gasteiger partial charge on any atom is 0.0988 e. The van der Waals surface area contributed by atoms with Gasteiger partial charge in [0, 0.05) is 24.8 Å². The molecule has 2 rings (SSSR count). The zero-order valence-electron chi connectivity index (χ0n) is 13.6. The molecule has 0 aromatic heterocycles. The van der Waals surface area contributed by atoms with E-state index in [4.69, 9.17) is 4.74 Å². The Bertz CT molecular complexity index is 445. The Labute approximate surface area is 128 Å². The topological polar surface area (TPSA) is 44.7 Å². The van der Waals surface area contributed by atoms with Crippen molar-refractivity contribution in [2.75, 3.05) is 31.1 Å². The number of ether oxygens (including phenoxy) is 1. The van der Waals surface area contributed by atoms with Gasteiger partial charge < -0.3 is 20.1 Å². The normalized spacial score (nSPS) is 23.1. The van der Waals surface area contributed by atoms with Gasteiger partial charge in [0.2, 0.25) is 0 Å². The molecule has 0 spiro atoms. The minimum Gasteiger partial charge on any atom is -0.394 e. The molecule has 21 heavy (non-hydrogen) atoms. The van der Waals surface area contributed by atoms with Crippen LogP contribution < -0.4 is 10.2 Å². The molecule has 118 valence electrons. The van der Waals surface area contributed by atoms with Gasteiger partial charge in [-0.25, -0.2) is 0 Å². The van der Waals surface area contributed by atoms with Gasteiger partial charge in [-0.05, 0) is 45.0 Å². The molecule has 0 radical (unpaired) electrons. The number of rotatable bonds is 5. The first-order valence-corrected chi connectivity index (χ1v) is 7.82. The Morgan fingerprint density at radius 3 is 2.62 bits per heavy atom. The fraction of sp³-hybridized carbons (Fsp3) is 0.647. The van der Waals surface area contributed by atoms with Crippen LogP contribution in [-0.2, 0) is 4.74 Å². The van der Waals surface area contributed by atoms with E-state index in [1.165, 1.54) is 11.3 Å². The van der Waals surface area contributed by atoms with Crippen LogP contribution >= 0.6 is 0 Å². The number of nitrogens with zero attached hydrogens (tertiary/aromatic N) is 1. The molecule has 2 atom stereocenters. The lowest BCUT2D eigenvalue weighted by atomic mass is 10.0. The third-order valence-corrected chi connectivity index (χ3v) is 3.95. The van der Waals surface area contributed by atoms with Gasteiger partial charge in [-0.15, -0.1) is 0 Å². The summed E-state index contributed by atoms with van der Waals surface area (Å²) in [5.41, 5.74) is 2.26. The van der Waals surface area contributed by atoms with E-state index < -0.39 is 0 Å². The number of morpholine rings is 1. The maximum absolute atomic E-state index is 9.40. The average molecular weight is 292 g/mol. The van der Waals surface area contributed by atoms with Gasteiger partial charge in [-0.2, -0.15) is 0 Å². The van der Waals surface area contributed by atoms with Crippen LogP contribution in [0.5, 0.6) is 0 Å². The van der Waals surface area contributed by atoms with Crippen molar-refractivity contribution in [2.24, 2.45) is 0 Å². The summed E-state index contributed by atoms with van der Waals surface area (Å²) in [5, 5.41) is 12.8. The molecule has 1 aromatic rings. The SMILES string of the molecule is CCNC(C)c1ccc(N2CC(CO)OC(C)(C)C2)cc1. The molecule has 1 heterocycles. The standard InChI is InChI=1S/C17H28N2O2/c1-5-18-13(2)14-6-8-15(9-7-14)19-10-16(11-20)21-17(3,4)12-19/h6-9,13,16,18,20H,5,10-12H2,1-4H3. The number of aliphatic hydroxyl groups is 1. The number of hydrogen-bond acceptors (Lipinski definition) is 4. The number of benzene rings is 1. The minimum atomic E-state index is -0.235. The van der Waals surface area contributed by atoms with Crippen molar-refractivity contribution >= 4 is 5.69 Å². The highest BCUT2D eigenvalue weighted by molar-refractivity contribution is 5.49. The average Bonchev–Trinajstić information content (AvgIpc) is 2.46. The van der Waals surface area contributed by atoms with Gasteiger partial charge in [0.15, 0.2) is 0 Å². The van der Waals surface area contributed by atoms with Crippen LogP contribution in [0.25, 0.3) is 0 Å². The van der Waals surface area contributed by atoms with E-state index in [9.17, 15) is 5.11 Å². The van der Waals surface area contributed by atoms with Gasteiger partial charge >= 0.3 is 0 Å². The van der Waals surface area contributed by atoms with E-state index in [1.807, 2.05) is 0 Å². The second-order valence-corrected chi connectivity index (χ2v) is 6.43. The van der Waals surface area contributed by atoms with Crippen molar-refractivity contribution in [1.82, 2.24) is 5.32 Å². The van der Waals surface area contributed by atoms with E-state index in [-0.39, 0.29) is 18.3 Å². The van der Waals surface area contributed by atoms with E-state index >= 15 is 0 Å². The van der Waals surface area contributed by atoms with Crippen molar-refractivity contribution < 1.29 is 9.84 Å². The predicted octanol–water partition coefficient (Wildman–Crippen LogP) is 2.33. The molecular formula is C17H28N2O2. The first kappa shape index (κ1) is 16.3. The van der Waals surface area contributed by atoms with E-state index in [1.54, 1.807) is 0 Å². The number of nitrogens with one attached hydrogen (secondary N) is 1. The third kappa shape index (κ3) is 4.19. The van der Waals surface area contributed by atoms with Gasteiger partial charge in [-0.3, -0.25) is 0 Å². The van der Waals surface area contributed by atoms with Crippen LogP contribution in [0.15, 0.2) is 24.3 Å². The largest absolute Gasteiger partial charge is 0.394 e. The molecule has 2 unspecified atom stereocenters. The summed E-state index contributed by atoms with van der Waals surface area (Å²) in [4.78, 5) is 2.30. The van der Waals surface area contributed by atoms with Gasteiger partial charge in [0.1, 0.15) is 0 Å². The summed E-state index contributed by atoms with van der Waals surface area (Å²) >= 11 is 0. The third-order valence-electron chi connectivity index (χ3n) is 3.95. The molecule has 2 N–H and O–H groups in total. The van der Waals surface area contributed by atoms with Gasteiger partial charge in [0.25, 0.3) is 0 Å².